The quantitative estimate of drug-likeness (QED) is 0.722. The van der Waals surface area contributed by atoms with E-state index in [0.29, 0.717) is 13.0 Å². The van der Waals surface area contributed by atoms with E-state index in [2.05, 4.69) is 20.8 Å². The fourth-order valence-corrected chi connectivity index (χ4v) is 2.35. The minimum absolute atomic E-state index is 0.0303. The molecule has 2 N–H and O–H groups in total. The van der Waals surface area contributed by atoms with Crippen LogP contribution in [0, 0.1) is 5.41 Å². The highest BCUT2D eigenvalue weighted by molar-refractivity contribution is 5.83. The Kier molecular flexibility index (Phi) is 5.99. The number of amides is 1. The van der Waals surface area contributed by atoms with Gasteiger partial charge in [-0.15, -0.1) is 0 Å². The molecular formula is C15H28N2O3. The van der Waals surface area contributed by atoms with Gasteiger partial charge in [0.2, 0.25) is 5.91 Å². The van der Waals surface area contributed by atoms with Gasteiger partial charge in [0.15, 0.2) is 0 Å². The van der Waals surface area contributed by atoms with Crippen LogP contribution in [0.1, 0.15) is 53.4 Å². The van der Waals surface area contributed by atoms with Crippen molar-refractivity contribution in [3.05, 3.63) is 0 Å². The number of hydrogen-bond donors (Lipinski definition) is 1. The van der Waals surface area contributed by atoms with Gasteiger partial charge in [-0.05, 0) is 31.6 Å². The summed E-state index contributed by atoms with van der Waals surface area (Å²) in [5, 5.41) is 0. The Morgan fingerprint density at radius 1 is 1.35 bits per heavy atom. The summed E-state index contributed by atoms with van der Waals surface area (Å²) in [6, 6.07) is 0.0414. The van der Waals surface area contributed by atoms with Crippen molar-refractivity contribution in [2.24, 2.45) is 11.1 Å². The zero-order valence-corrected chi connectivity index (χ0v) is 13.1. The maximum absolute atomic E-state index is 12.3. The second kappa shape index (κ2) is 7.07. The van der Waals surface area contributed by atoms with E-state index < -0.39 is 0 Å². The van der Waals surface area contributed by atoms with Crippen LogP contribution in [0.3, 0.4) is 0 Å². The molecular weight excluding hydrogens is 256 g/mol. The number of rotatable bonds is 7. The monoisotopic (exact) mass is 284 g/mol. The second-order valence-corrected chi connectivity index (χ2v) is 6.79. The van der Waals surface area contributed by atoms with Crippen molar-refractivity contribution in [1.29, 1.82) is 0 Å². The molecule has 5 heteroatoms. The average Bonchev–Trinajstić information content (AvgIpc) is 3.06. The lowest BCUT2D eigenvalue weighted by molar-refractivity contribution is -0.149. The summed E-state index contributed by atoms with van der Waals surface area (Å²) < 4.78 is 4.92. The predicted molar refractivity (Wildman–Crippen MR) is 78.0 cm³/mol. The number of ether oxygens (including phenoxy) is 1. The summed E-state index contributed by atoms with van der Waals surface area (Å²) in [5.74, 6) is -0.366. The Bertz CT molecular complexity index is 346. The highest BCUT2D eigenvalue weighted by atomic mass is 16.5. The van der Waals surface area contributed by atoms with Crippen LogP contribution in [0.4, 0.5) is 0 Å². The van der Waals surface area contributed by atoms with Crippen LogP contribution in [0.2, 0.25) is 0 Å². The fraction of sp³-hybridized carbons (Fsp3) is 0.867. The summed E-state index contributed by atoms with van der Waals surface area (Å²) in [6.45, 7) is 8.48. The highest BCUT2D eigenvalue weighted by Gasteiger charge is 2.34. The summed E-state index contributed by atoms with van der Waals surface area (Å²) in [4.78, 5) is 25.5. The predicted octanol–water partition coefficient (Wildman–Crippen LogP) is 1.69. The maximum Gasteiger partial charge on any atom is 0.325 e. The van der Waals surface area contributed by atoms with Crippen LogP contribution in [0.25, 0.3) is 0 Å². The molecule has 1 amide bonds. The van der Waals surface area contributed by atoms with Crippen molar-refractivity contribution < 1.29 is 14.3 Å². The molecule has 1 unspecified atom stereocenters. The molecule has 1 aliphatic rings. The van der Waals surface area contributed by atoms with Crippen molar-refractivity contribution in [2.45, 2.75) is 65.5 Å². The lowest BCUT2D eigenvalue weighted by Crippen LogP contribution is -2.41. The summed E-state index contributed by atoms with van der Waals surface area (Å²) in [5.41, 5.74) is 6.15. The van der Waals surface area contributed by atoms with Gasteiger partial charge in [-0.2, -0.15) is 0 Å². The van der Waals surface area contributed by atoms with Crippen LogP contribution in [-0.2, 0) is 14.3 Å². The lowest BCUT2D eigenvalue weighted by atomic mass is 9.87. The first kappa shape index (κ1) is 17.0. The van der Waals surface area contributed by atoms with Crippen molar-refractivity contribution in [1.82, 2.24) is 4.90 Å². The van der Waals surface area contributed by atoms with Gasteiger partial charge in [0.1, 0.15) is 6.54 Å². The van der Waals surface area contributed by atoms with E-state index in [1.54, 1.807) is 11.8 Å². The molecule has 0 aromatic rings. The number of nitrogens with zero attached hydrogens (tertiary/aromatic N) is 1. The molecule has 5 nitrogen and oxygen atoms in total. The highest BCUT2D eigenvalue weighted by Crippen LogP contribution is 2.28. The molecule has 116 valence electrons. The molecule has 0 spiro atoms. The van der Waals surface area contributed by atoms with Gasteiger partial charge in [-0.1, -0.05) is 20.8 Å². The summed E-state index contributed by atoms with van der Waals surface area (Å²) in [6.07, 6.45) is 3.03. The van der Waals surface area contributed by atoms with E-state index in [1.165, 1.54) is 0 Å². The minimum atomic E-state index is -0.336. The van der Waals surface area contributed by atoms with Crippen LogP contribution >= 0.6 is 0 Å². The summed E-state index contributed by atoms with van der Waals surface area (Å²) in [7, 11) is 0. The molecule has 0 radical (unpaired) electrons. The molecule has 1 rings (SSSR count). The first-order valence-corrected chi connectivity index (χ1v) is 7.43. The molecule has 0 aliphatic heterocycles. The van der Waals surface area contributed by atoms with E-state index in [1.807, 2.05) is 0 Å². The van der Waals surface area contributed by atoms with Gasteiger partial charge >= 0.3 is 5.97 Å². The smallest absolute Gasteiger partial charge is 0.325 e. The molecule has 1 atom stereocenters. The molecule has 0 heterocycles. The molecule has 1 saturated carbocycles. The van der Waals surface area contributed by atoms with Crippen LogP contribution < -0.4 is 5.73 Å². The topological polar surface area (TPSA) is 72.6 Å². The molecule has 1 aliphatic carbocycles. The molecule has 20 heavy (non-hydrogen) atoms. The van der Waals surface area contributed by atoms with Crippen LogP contribution in [0.5, 0.6) is 0 Å². The van der Waals surface area contributed by atoms with Gasteiger partial charge in [0.25, 0.3) is 0 Å². The number of nitrogens with two attached hydrogens (primary N) is 1. The molecule has 0 aromatic heterocycles. The van der Waals surface area contributed by atoms with Gasteiger partial charge in [-0.25, -0.2) is 0 Å². The van der Waals surface area contributed by atoms with E-state index in [9.17, 15) is 9.59 Å². The first-order valence-electron chi connectivity index (χ1n) is 7.43. The van der Waals surface area contributed by atoms with E-state index in [-0.39, 0.29) is 35.9 Å². The van der Waals surface area contributed by atoms with Crippen molar-refractivity contribution >= 4 is 11.9 Å². The molecule has 0 bridgehead atoms. The Labute approximate surface area is 121 Å². The zero-order chi connectivity index (χ0) is 15.3. The van der Waals surface area contributed by atoms with Gasteiger partial charge in [0.05, 0.1) is 6.61 Å². The Morgan fingerprint density at radius 3 is 2.40 bits per heavy atom. The third-order valence-corrected chi connectivity index (χ3v) is 3.22. The Morgan fingerprint density at radius 2 is 1.95 bits per heavy atom. The largest absolute Gasteiger partial charge is 0.465 e. The number of carbonyl (C=O) groups excluding carboxylic acids is 2. The van der Waals surface area contributed by atoms with Crippen molar-refractivity contribution in [2.75, 3.05) is 13.2 Å². The van der Waals surface area contributed by atoms with Gasteiger partial charge < -0.3 is 15.4 Å². The van der Waals surface area contributed by atoms with E-state index >= 15 is 0 Å². The third kappa shape index (κ3) is 6.37. The fourth-order valence-electron chi connectivity index (χ4n) is 2.35. The molecule has 1 fully saturated rings. The third-order valence-electron chi connectivity index (χ3n) is 3.22. The van der Waals surface area contributed by atoms with Crippen molar-refractivity contribution in [3.8, 4) is 0 Å². The SMILES string of the molecule is CCOC(=O)CN(C(=O)CC(N)CC(C)(C)C)C1CC1. The van der Waals surface area contributed by atoms with E-state index in [0.717, 1.165) is 19.3 Å². The molecule has 0 saturated heterocycles. The minimum Gasteiger partial charge on any atom is -0.465 e. The number of hydrogen-bond acceptors (Lipinski definition) is 4. The van der Waals surface area contributed by atoms with Gasteiger partial charge in [-0.3, -0.25) is 9.59 Å². The molecule has 0 aromatic carbocycles. The maximum atomic E-state index is 12.3. The van der Waals surface area contributed by atoms with Crippen LogP contribution in [0.15, 0.2) is 0 Å². The second-order valence-electron chi connectivity index (χ2n) is 6.79. The first-order chi connectivity index (χ1) is 9.23. The normalized spacial score (nSPS) is 16.6. The standard InChI is InChI=1S/C15H28N2O3/c1-5-20-14(19)10-17(12-6-7-12)13(18)8-11(16)9-15(2,3)4/h11-12H,5-10,16H2,1-4H3. The number of esters is 1. The Hall–Kier alpha value is -1.10. The lowest BCUT2D eigenvalue weighted by Gasteiger charge is -2.26. The van der Waals surface area contributed by atoms with E-state index in [4.69, 9.17) is 10.5 Å². The Balaban J connectivity index is 2.50. The average molecular weight is 284 g/mol. The summed E-state index contributed by atoms with van der Waals surface area (Å²) >= 11 is 0. The van der Waals surface area contributed by atoms with Crippen LogP contribution in [-0.4, -0.2) is 42.0 Å². The van der Waals surface area contributed by atoms with Gasteiger partial charge in [0, 0.05) is 18.5 Å². The van der Waals surface area contributed by atoms with Crippen molar-refractivity contribution in [3.63, 3.8) is 0 Å². The zero-order valence-electron chi connectivity index (χ0n) is 13.1. The number of carbonyl (C=O) groups is 2.